The van der Waals surface area contributed by atoms with Gasteiger partial charge in [-0.2, -0.15) is 5.48 Å². The van der Waals surface area contributed by atoms with Crippen LogP contribution < -0.4 is 15.0 Å². The number of nitro groups is 1. The highest BCUT2D eigenvalue weighted by atomic mass is 16.7. The van der Waals surface area contributed by atoms with E-state index in [0.29, 0.717) is 18.8 Å². The number of nitro benzene ring substituents is 1. The maximum atomic E-state index is 11.1. The summed E-state index contributed by atoms with van der Waals surface area (Å²) in [4.78, 5) is 16.2. The molecule has 3 aromatic carbocycles. The van der Waals surface area contributed by atoms with Gasteiger partial charge >= 0.3 is 0 Å². The van der Waals surface area contributed by atoms with E-state index in [1.807, 2.05) is 48.5 Å². The Hall–Kier alpha value is -3.42. The summed E-state index contributed by atoms with van der Waals surface area (Å²) in [5.74, 6) is 1.47. The van der Waals surface area contributed by atoms with Crippen LogP contribution in [0.2, 0.25) is 0 Å². The van der Waals surface area contributed by atoms with Crippen molar-refractivity contribution in [3.63, 3.8) is 0 Å². The van der Waals surface area contributed by atoms with Crippen molar-refractivity contribution in [2.24, 2.45) is 0 Å². The molecule has 0 amide bonds. The average molecular weight is 392 g/mol. The summed E-state index contributed by atoms with van der Waals surface area (Å²) in [5, 5.41) is 11.1. The number of rotatable bonds is 8. The van der Waals surface area contributed by atoms with Gasteiger partial charge in [-0.15, -0.1) is 0 Å². The SMILES string of the molecule is O=[N+]([O-])c1ccccc1CON[C@@H]1COc2cc(OCc3ccccc3)ccc21. The summed E-state index contributed by atoms with van der Waals surface area (Å²) in [6.07, 6.45) is 0. The Kier molecular flexibility index (Phi) is 5.69. The van der Waals surface area contributed by atoms with Gasteiger partial charge in [0.15, 0.2) is 0 Å². The van der Waals surface area contributed by atoms with Gasteiger partial charge in [0, 0.05) is 17.7 Å². The highest BCUT2D eigenvalue weighted by Gasteiger charge is 2.25. The molecule has 29 heavy (non-hydrogen) atoms. The Morgan fingerprint density at radius 3 is 2.66 bits per heavy atom. The fourth-order valence-electron chi connectivity index (χ4n) is 3.15. The molecule has 1 aliphatic heterocycles. The van der Waals surface area contributed by atoms with Crippen molar-refractivity contribution < 1.29 is 19.2 Å². The number of hydrogen-bond acceptors (Lipinski definition) is 6. The van der Waals surface area contributed by atoms with Crippen LogP contribution in [0.4, 0.5) is 5.69 Å². The van der Waals surface area contributed by atoms with Gasteiger partial charge < -0.3 is 9.47 Å². The normalized spacial score (nSPS) is 14.8. The molecule has 0 aromatic heterocycles. The average Bonchev–Trinajstić information content (AvgIpc) is 3.15. The third kappa shape index (κ3) is 4.53. The van der Waals surface area contributed by atoms with Gasteiger partial charge in [0.05, 0.1) is 23.1 Å². The first-order valence-corrected chi connectivity index (χ1v) is 9.24. The fourth-order valence-corrected chi connectivity index (χ4v) is 3.15. The molecule has 1 atom stereocenters. The zero-order chi connectivity index (χ0) is 20.1. The molecule has 7 heteroatoms. The Morgan fingerprint density at radius 2 is 1.83 bits per heavy atom. The summed E-state index contributed by atoms with van der Waals surface area (Å²) in [7, 11) is 0. The smallest absolute Gasteiger partial charge is 0.274 e. The second-order valence-electron chi connectivity index (χ2n) is 6.63. The van der Waals surface area contributed by atoms with Gasteiger partial charge in [-0.3, -0.25) is 15.0 Å². The number of hydroxylamine groups is 1. The van der Waals surface area contributed by atoms with Gasteiger partial charge in [-0.25, -0.2) is 0 Å². The number of benzene rings is 3. The molecule has 0 saturated carbocycles. The quantitative estimate of drug-likeness (QED) is 0.454. The van der Waals surface area contributed by atoms with Crippen LogP contribution in [-0.2, 0) is 18.1 Å². The van der Waals surface area contributed by atoms with Crippen LogP contribution in [0.15, 0.2) is 72.8 Å². The number of ether oxygens (including phenoxy) is 2. The molecule has 1 heterocycles. The van der Waals surface area contributed by atoms with E-state index in [0.717, 1.165) is 22.6 Å². The predicted molar refractivity (Wildman–Crippen MR) is 106 cm³/mol. The highest BCUT2D eigenvalue weighted by Crippen LogP contribution is 2.35. The first-order chi connectivity index (χ1) is 14.2. The molecule has 7 nitrogen and oxygen atoms in total. The Balaban J connectivity index is 1.34. The molecule has 3 aromatic rings. The van der Waals surface area contributed by atoms with E-state index in [2.05, 4.69) is 5.48 Å². The minimum atomic E-state index is -0.413. The Bertz CT molecular complexity index is 994. The lowest BCUT2D eigenvalue weighted by Gasteiger charge is -2.12. The standard InChI is InChI=1S/C22H20N2O5/c25-24(26)21-9-5-4-8-17(21)14-29-23-20-15-28-22-12-18(10-11-19(20)22)27-13-16-6-2-1-3-7-16/h1-12,20,23H,13-15H2/t20-/m1/s1. The topological polar surface area (TPSA) is 82.9 Å². The largest absolute Gasteiger partial charge is 0.491 e. The van der Waals surface area contributed by atoms with Crippen LogP contribution in [0.25, 0.3) is 0 Å². The molecule has 0 aliphatic carbocycles. The van der Waals surface area contributed by atoms with Crippen molar-refractivity contribution in [1.82, 2.24) is 5.48 Å². The van der Waals surface area contributed by atoms with Crippen LogP contribution in [0.5, 0.6) is 11.5 Å². The lowest BCUT2D eigenvalue weighted by molar-refractivity contribution is -0.386. The van der Waals surface area contributed by atoms with Gasteiger partial charge in [0.25, 0.3) is 5.69 Å². The van der Waals surface area contributed by atoms with Crippen molar-refractivity contribution >= 4 is 5.69 Å². The maximum Gasteiger partial charge on any atom is 0.274 e. The Labute approximate surface area is 167 Å². The van der Waals surface area contributed by atoms with Gasteiger partial charge in [0.1, 0.15) is 24.7 Å². The third-order valence-corrected chi connectivity index (χ3v) is 4.66. The maximum absolute atomic E-state index is 11.1. The molecule has 0 fully saturated rings. The molecule has 148 valence electrons. The van der Waals surface area contributed by atoms with Crippen molar-refractivity contribution in [1.29, 1.82) is 0 Å². The molecular weight excluding hydrogens is 372 g/mol. The zero-order valence-electron chi connectivity index (χ0n) is 15.6. The summed E-state index contributed by atoms with van der Waals surface area (Å²) in [5.41, 5.74) is 5.54. The van der Waals surface area contributed by atoms with E-state index in [1.54, 1.807) is 18.2 Å². The van der Waals surface area contributed by atoms with Gasteiger partial charge in [0.2, 0.25) is 0 Å². The summed E-state index contributed by atoms with van der Waals surface area (Å²) >= 11 is 0. The van der Waals surface area contributed by atoms with E-state index in [4.69, 9.17) is 14.3 Å². The molecule has 4 rings (SSSR count). The third-order valence-electron chi connectivity index (χ3n) is 4.66. The number of fused-ring (bicyclic) bond motifs is 1. The van der Waals surface area contributed by atoms with Crippen molar-refractivity contribution in [2.45, 2.75) is 19.3 Å². The fraction of sp³-hybridized carbons (Fsp3) is 0.182. The predicted octanol–water partition coefficient (Wildman–Crippen LogP) is 4.33. The Morgan fingerprint density at radius 1 is 1.03 bits per heavy atom. The molecule has 0 unspecified atom stereocenters. The van der Waals surface area contributed by atoms with Gasteiger partial charge in [-0.05, 0) is 23.8 Å². The lowest BCUT2D eigenvalue weighted by atomic mass is 10.1. The molecule has 1 aliphatic rings. The second-order valence-corrected chi connectivity index (χ2v) is 6.63. The number of para-hydroxylation sites is 1. The monoisotopic (exact) mass is 392 g/mol. The van der Waals surface area contributed by atoms with Crippen LogP contribution >= 0.6 is 0 Å². The van der Waals surface area contributed by atoms with Crippen LogP contribution in [0.1, 0.15) is 22.7 Å². The molecule has 0 saturated heterocycles. The molecular formula is C22H20N2O5. The lowest BCUT2D eigenvalue weighted by Crippen LogP contribution is -2.22. The molecule has 0 bridgehead atoms. The highest BCUT2D eigenvalue weighted by molar-refractivity contribution is 5.45. The second kappa shape index (κ2) is 8.72. The molecule has 0 radical (unpaired) electrons. The first-order valence-electron chi connectivity index (χ1n) is 9.24. The van der Waals surface area contributed by atoms with Crippen molar-refractivity contribution in [3.05, 3.63) is 99.6 Å². The van der Waals surface area contributed by atoms with E-state index in [1.165, 1.54) is 6.07 Å². The molecule has 0 spiro atoms. The summed E-state index contributed by atoms with van der Waals surface area (Å²) in [6.45, 7) is 0.982. The molecule has 1 N–H and O–H groups in total. The van der Waals surface area contributed by atoms with E-state index in [-0.39, 0.29) is 18.3 Å². The van der Waals surface area contributed by atoms with Crippen molar-refractivity contribution in [2.75, 3.05) is 6.61 Å². The summed E-state index contributed by atoms with van der Waals surface area (Å²) < 4.78 is 11.6. The van der Waals surface area contributed by atoms with Gasteiger partial charge in [-0.1, -0.05) is 42.5 Å². The van der Waals surface area contributed by atoms with E-state index >= 15 is 0 Å². The number of nitrogens with zero attached hydrogens (tertiary/aromatic N) is 1. The number of nitrogens with one attached hydrogen (secondary N) is 1. The van der Waals surface area contributed by atoms with Crippen LogP contribution in [0, 0.1) is 10.1 Å². The van der Waals surface area contributed by atoms with Crippen molar-refractivity contribution in [3.8, 4) is 11.5 Å². The van der Waals surface area contributed by atoms with Crippen LogP contribution in [-0.4, -0.2) is 11.5 Å². The van der Waals surface area contributed by atoms with Crippen LogP contribution in [0.3, 0.4) is 0 Å². The minimum absolute atomic E-state index is 0.0394. The zero-order valence-corrected chi connectivity index (χ0v) is 15.6. The van der Waals surface area contributed by atoms with E-state index < -0.39 is 4.92 Å². The first kappa shape index (κ1) is 18.9. The van der Waals surface area contributed by atoms with E-state index in [9.17, 15) is 10.1 Å². The number of hydrogen-bond donors (Lipinski definition) is 1. The minimum Gasteiger partial charge on any atom is -0.491 e. The summed E-state index contributed by atoms with van der Waals surface area (Å²) in [6, 6.07) is 22.0.